The second kappa shape index (κ2) is 6.19. The van der Waals surface area contributed by atoms with Gasteiger partial charge in [0.2, 0.25) is 5.95 Å². The number of hydrazine groups is 1. The molecule has 3 N–H and O–H groups in total. The van der Waals surface area contributed by atoms with Gasteiger partial charge < -0.3 is 4.90 Å². The van der Waals surface area contributed by atoms with Crippen molar-refractivity contribution in [3.05, 3.63) is 11.8 Å². The Balaban J connectivity index is 2.07. The molecule has 1 aliphatic carbocycles. The van der Waals surface area contributed by atoms with E-state index in [1.807, 2.05) is 13.0 Å². The van der Waals surface area contributed by atoms with Crippen molar-refractivity contribution < 1.29 is 0 Å². The number of anilines is 2. The molecule has 1 saturated carbocycles. The lowest BCUT2D eigenvalue weighted by Crippen LogP contribution is -2.36. The molecule has 5 heteroatoms. The lowest BCUT2D eigenvalue weighted by molar-refractivity contribution is 0.313. The highest BCUT2D eigenvalue weighted by Gasteiger charge is 2.24. The van der Waals surface area contributed by atoms with Crippen molar-refractivity contribution in [2.45, 2.75) is 52.0 Å². The predicted octanol–water partition coefficient (Wildman–Crippen LogP) is 2.48. The Morgan fingerprint density at radius 3 is 2.58 bits per heavy atom. The highest BCUT2D eigenvalue weighted by molar-refractivity contribution is 5.44. The third-order valence-corrected chi connectivity index (χ3v) is 4.27. The Morgan fingerprint density at radius 1 is 1.32 bits per heavy atom. The Labute approximate surface area is 115 Å². The average Bonchev–Trinajstić information content (AvgIpc) is 2.46. The number of aromatic nitrogens is 2. The summed E-state index contributed by atoms with van der Waals surface area (Å²) in [5.74, 6) is 7.77. The normalized spacial score (nSPS) is 23.2. The number of nitrogens with zero attached hydrogens (tertiary/aromatic N) is 3. The van der Waals surface area contributed by atoms with Gasteiger partial charge in [-0.05, 0) is 38.5 Å². The first-order valence-electron chi connectivity index (χ1n) is 7.19. The molecule has 0 atom stereocenters. The number of nitrogen functional groups attached to an aromatic ring is 1. The van der Waals surface area contributed by atoms with Crippen LogP contribution in [0.15, 0.2) is 6.07 Å². The first kappa shape index (κ1) is 14.1. The Bertz CT molecular complexity index is 412. The molecule has 19 heavy (non-hydrogen) atoms. The van der Waals surface area contributed by atoms with Crippen LogP contribution in [-0.2, 0) is 0 Å². The van der Waals surface area contributed by atoms with E-state index in [2.05, 4.69) is 34.3 Å². The van der Waals surface area contributed by atoms with Gasteiger partial charge >= 0.3 is 0 Å². The van der Waals surface area contributed by atoms with Gasteiger partial charge in [0.15, 0.2) is 0 Å². The summed E-state index contributed by atoms with van der Waals surface area (Å²) >= 11 is 0. The van der Waals surface area contributed by atoms with E-state index < -0.39 is 0 Å². The smallest absolute Gasteiger partial charge is 0.239 e. The van der Waals surface area contributed by atoms with Gasteiger partial charge in [-0.3, -0.25) is 5.43 Å². The summed E-state index contributed by atoms with van der Waals surface area (Å²) < 4.78 is 0. The third kappa shape index (κ3) is 3.35. The average molecular weight is 263 g/mol. The Kier molecular flexibility index (Phi) is 4.58. The Hall–Kier alpha value is -1.36. The first-order chi connectivity index (χ1) is 9.13. The molecule has 5 nitrogen and oxygen atoms in total. The van der Waals surface area contributed by atoms with Crippen molar-refractivity contribution in [2.24, 2.45) is 11.8 Å². The van der Waals surface area contributed by atoms with E-state index in [1.165, 1.54) is 32.1 Å². The van der Waals surface area contributed by atoms with E-state index in [1.54, 1.807) is 0 Å². The zero-order chi connectivity index (χ0) is 13.8. The molecule has 1 fully saturated rings. The van der Waals surface area contributed by atoms with Crippen LogP contribution in [0.25, 0.3) is 0 Å². The molecule has 0 saturated heterocycles. The SMILES string of the molecule is CCC1CCC(N(C)c2cc(C)nc(NN)n2)CC1. The fourth-order valence-electron chi connectivity index (χ4n) is 2.92. The van der Waals surface area contributed by atoms with E-state index in [0.29, 0.717) is 12.0 Å². The molecule has 106 valence electrons. The molecule has 2 rings (SSSR count). The maximum absolute atomic E-state index is 5.41. The van der Waals surface area contributed by atoms with Gasteiger partial charge in [-0.2, -0.15) is 4.98 Å². The molecule has 0 bridgehead atoms. The van der Waals surface area contributed by atoms with Crippen LogP contribution in [0.1, 0.15) is 44.7 Å². The first-order valence-corrected chi connectivity index (χ1v) is 7.19. The molecular formula is C14H25N5. The van der Waals surface area contributed by atoms with E-state index in [9.17, 15) is 0 Å². The number of nitrogens with two attached hydrogens (primary N) is 1. The molecule has 0 radical (unpaired) electrons. The molecule has 0 aromatic carbocycles. The maximum Gasteiger partial charge on any atom is 0.239 e. The molecule has 0 aliphatic heterocycles. The second-order valence-corrected chi connectivity index (χ2v) is 5.53. The highest BCUT2D eigenvalue weighted by Crippen LogP contribution is 2.30. The van der Waals surface area contributed by atoms with Crippen molar-refractivity contribution in [1.82, 2.24) is 9.97 Å². The van der Waals surface area contributed by atoms with Gasteiger partial charge in [0.05, 0.1) is 0 Å². The summed E-state index contributed by atoms with van der Waals surface area (Å²) in [6.45, 7) is 4.26. The highest BCUT2D eigenvalue weighted by atomic mass is 15.3. The van der Waals surface area contributed by atoms with Crippen LogP contribution in [-0.4, -0.2) is 23.1 Å². The van der Waals surface area contributed by atoms with Crippen LogP contribution in [0.5, 0.6) is 0 Å². The van der Waals surface area contributed by atoms with Crippen molar-refractivity contribution >= 4 is 11.8 Å². The quantitative estimate of drug-likeness (QED) is 0.645. The van der Waals surface area contributed by atoms with Gasteiger partial charge in [-0.25, -0.2) is 10.8 Å². The van der Waals surface area contributed by atoms with E-state index in [0.717, 1.165) is 17.4 Å². The lowest BCUT2D eigenvalue weighted by atomic mass is 9.84. The van der Waals surface area contributed by atoms with Gasteiger partial charge in [0, 0.05) is 24.8 Å². The van der Waals surface area contributed by atoms with Crippen LogP contribution in [0.4, 0.5) is 11.8 Å². The molecule has 0 amide bonds. The molecule has 1 aromatic heterocycles. The zero-order valence-corrected chi connectivity index (χ0v) is 12.2. The zero-order valence-electron chi connectivity index (χ0n) is 12.2. The van der Waals surface area contributed by atoms with Gasteiger partial charge in [0.1, 0.15) is 5.82 Å². The number of hydrogen-bond acceptors (Lipinski definition) is 5. The summed E-state index contributed by atoms with van der Waals surface area (Å²) in [6.07, 6.45) is 6.48. The van der Waals surface area contributed by atoms with Crippen LogP contribution >= 0.6 is 0 Å². The lowest BCUT2D eigenvalue weighted by Gasteiger charge is -2.35. The molecule has 0 unspecified atom stereocenters. The van der Waals surface area contributed by atoms with Crippen molar-refractivity contribution in [3.8, 4) is 0 Å². The van der Waals surface area contributed by atoms with Crippen molar-refractivity contribution in [1.29, 1.82) is 0 Å². The number of hydrogen-bond donors (Lipinski definition) is 2. The fraction of sp³-hybridized carbons (Fsp3) is 0.714. The third-order valence-electron chi connectivity index (χ3n) is 4.27. The summed E-state index contributed by atoms with van der Waals surface area (Å²) in [5, 5.41) is 0. The molecule has 0 spiro atoms. The standard InChI is InChI=1S/C14H25N5/c1-4-11-5-7-12(8-6-11)19(3)13-9-10(2)16-14(17-13)18-15/h9,11-12H,4-8,15H2,1-3H3,(H,16,17,18). The molecule has 1 aliphatic rings. The fourth-order valence-corrected chi connectivity index (χ4v) is 2.92. The van der Waals surface area contributed by atoms with Crippen LogP contribution in [0, 0.1) is 12.8 Å². The minimum Gasteiger partial charge on any atom is -0.357 e. The van der Waals surface area contributed by atoms with Gasteiger partial charge in [-0.15, -0.1) is 0 Å². The van der Waals surface area contributed by atoms with Crippen LogP contribution in [0.3, 0.4) is 0 Å². The number of nitrogens with one attached hydrogen (secondary N) is 1. The van der Waals surface area contributed by atoms with Crippen molar-refractivity contribution in [2.75, 3.05) is 17.4 Å². The van der Waals surface area contributed by atoms with Gasteiger partial charge in [-0.1, -0.05) is 13.3 Å². The molecular weight excluding hydrogens is 238 g/mol. The van der Waals surface area contributed by atoms with Crippen molar-refractivity contribution in [3.63, 3.8) is 0 Å². The van der Waals surface area contributed by atoms with E-state index in [-0.39, 0.29) is 0 Å². The van der Waals surface area contributed by atoms with Crippen LogP contribution in [0.2, 0.25) is 0 Å². The Morgan fingerprint density at radius 2 is 2.00 bits per heavy atom. The van der Waals surface area contributed by atoms with E-state index in [4.69, 9.17) is 5.84 Å². The minimum atomic E-state index is 0.490. The minimum absolute atomic E-state index is 0.490. The molecule has 1 aromatic rings. The number of rotatable bonds is 4. The predicted molar refractivity (Wildman–Crippen MR) is 79.0 cm³/mol. The summed E-state index contributed by atoms with van der Waals surface area (Å²) in [4.78, 5) is 11.0. The monoisotopic (exact) mass is 263 g/mol. The van der Waals surface area contributed by atoms with Gasteiger partial charge in [0.25, 0.3) is 0 Å². The van der Waals surface area contributed by atoms with Crippen LogP contribution < -0.4 is 16.2 Å². The molecule has 1 heterocycles. The maximum atomic E-state index is 5.41. The van der Waals surface area contributed by atoms with E-state index >= 15 is 0 Å². The summed E-state index contributed by atoms with van der Waals surface area (Å²) in [6, 6.07) is 2.61. The number of aryl methyl sites for hydroxylation is 1. The summed E-state index contributed by atoms with van der Waals surface area (Å²) in [7, 11) is 2.12. The topological polar surface area (TPSA) is 67.1 Å². The largest absolute Gasteiger partial charge is 0.357 e. The summed E-state index contributed by atoms with van der Waals surface area (Å²) in [5.41, 5.74) is 3.47. The second-order valence-electron chi connectivity index (χ2n) is 5.53.